The number of benzene rings is 2. The Morgan fingerprint density at radius 1 is 0.789 bits per heavy atom. The van der Waals surface area contributed by atoms with Gasteiger partial charge in [-0.2, -0.15) is 0 Å². The maximum atomic E-state index is 15.2. The summed E-state index contributed by atoms with van der Waals surface area (Å²) < 4.78 is 35.7. The summed E-state index contributed by atoms with van der Waals surface area (Å²) in [5, 5.41) is 12.1. The van der Waals surface area contributed by atoms with Crippen molar-refractivity contribution in [3.05, 3.63) is 60.3 Å². The summed E-state index contributed by atoms with van der Waals surface area (Å²) in [6.45, 7) is 6.20. The maximum Gasteiger partial charge on any atom is 0.249 e. The molecule has 8 rings (SSSR count). The van der Waals surface area contributed by atoms with E-state index in [0.29, 0.717) is 48.6 Å². The van der Waals surface area contributed by atoms with E-state index in [1.54, 1.807) is 12.1 Å². The average Bonchev–Trinajstić information content (AvgIpc) is 3.24. The third-order valence-corrected chi connectivity index (χ3v) is 12.4. The maximum absolute atomic E-state index is 15.2. The quantitative estimate of drug-likeness (QED) is 0.213. The number of morpholine rings is 1. The Kier molecular flexibility index (Phi) is 12.1. The molecule has 5 aliphatic rings. The van der Waals surface area contributed by atoms with Crippen LogP contribution in [0.15, 0.2) is 48.7 Å². The molecule has 5 fully saturated rings. The zero-order valence-electron chi connectivity index (χ0n) is 32.4. The highest BCUT2D eigenvalue weighted by atomic mass is 19.1. The van der Waals surface area contributed by atoms with E-state index in [1.807, 2.05) is 24.3 Å². The second kappa shape index (κ2) is 17.7. The lowest BCUT2D eigenvalue weighted by atomic mass is 9.89. The first-order chi connectivity index (χ1) is 27.8. The van der Waals surface area contributed by atoms with Gasteiger partial charge in [0.25, 0.3) is 0 Å². The van der Waals surface area contributed by atoms with Gasteiger partial charge in [0.1, 0.15) is 17.6 Å². The fraction of sp³-hybridized carbons (Fsp3) is 0.548. The minimum Gasteiger partial charge on any atom is -0.378 e. The van der Waals surface area contributed by atoms with Gasteiger partial charge in [0.15, 0.2) is 5.82 Å². The molecule has 4 N–H and O–H groups in total. The first kappa shape index (κ1) is 39.0. The molecule has 4 saturated heterocycles. The van der Waals surface area contributed by atoms with Crippen LogP contribution >= 0.6 is 0 Å². The standard InChI is InChI=1S/C42H53F2N9O4/c43-34-25-31(46-36-9-11-38(54)49-41(36)56)8-10-37(34)53-18-14-32(15-19-53)51-16-12-27(13-17-51)40(55)47-29-4-6-30(7-5-29)48-42-45-26-35(44)39(50-42)28-2-1-3-33(24-28)52-20-22-57-23-21-52/h1-3,8,10,24-27,29-30,32,36,46H,4-7,9,11-23H2,(H,47,55)(H,45,48,50)(H,49,54,56). The van der Waals surface area contributed by atoms with E-state index in [1.165, 1.54) is 12.3 Å². The molecule has 15 heteroatoms. The third kappa shape index (κ3) is 9.47. The van der Waals surface area contributed by atoms with Crippen LogP contribution in [0.3, 0.4) is 0 Å². The van der Waals surface area contributed by atoms with Gasteiger partial charge in [-0.1, -0.05) is 12.1 Å². The highest BCUT2D eigenvalue weighted by molar-refractivity contribution is 6.01. The van der Waals surface area contributed by atoms with Crippen LogP contribution in [0.25, 0.3) is 11.3 Å². The predicted octanol–water partition coefficient (Wildman–Crippen LogP) is 4.70. The van der Waals surface area contributed by atoms with Crippen LogP contribution in [0, 0.1) is 17.6 Å². The lowest BCUT2D eigenvalue weighted by Crippen LogP contribution is -2.50. The second-order valence-electron chi connectivity index (χ2n) is 16.1. The fourth-order valence-corrected chi connectivity index (χ4v) is 9.08. The Balaban J connectivity index is 0.750. The van der Waals surface area contributed by atoms with Gasteiger partial charge in [0.05, 0.1) is 25.1 Å². The highest BCUT2D eigenvalue weighted by Crippen LogP contribution is 2.31. The van der Waals surface area contributed by atoms with Gasteiger partial charge in [0.2, 0.25) is 23.7 Å². The number of nitrogens with one attached hydrogen (secondary N) is 4. The Bertz CT molecular complexity index is 1910. The molecule has 4 aliphatic heterocycles. The smallest absolute Gasteiger partial charge is 0.249 e. The summed E-state index contributed by atoms with van der Waals surface area (Å²) in [5.41, 5.74) is 3.09. The van der Waals surface area contributed by atoms with E-state index in [4.69, 9.17) is 4.74 Å². The number of hydrogen-bond acceptors (Lipinski definition) is 11. The van der Waals surface area contributed by atoms with Crippen LogP contribution in [0.1, 0.15) is 64.2 Å². The number of likely N-dealkylation sites (tertiary alicyclic amines) is 1. The number of piperidine rings is 3. The molecule has 5 heterocycles. The van der Waals surface area contributed by atoms with E-state index in [2.05, 4.69) is 45.9 Å². The van der Waals surface area contributed by atoms with Crippen molar-refractivity contribution >= 4 is 40.7 Å². The van der Waals surface area contributed by atoms with Gasteiger partial charge in [-0.05, 0) is 101 Å². The topological polar surface area (TPSA) is 144 Å². The first-order valence-electron chi connectivity index (χ1n) is 20.7. The number of aromatic nitrogens is 2. The molecule has 3 aromatic rings. The van der Waals surface area contributed by atoms with Crippen molar-refractivity contribution in [3.63, 3.8) is 0 Å². The monoisotopic (exact) mass is 785 g/mol. The van der Waals surface area contributed by atoms with Crippen molar-refractivity contribution in [2.24, 2.45) is 5.92 Å². The van der Waals surface area contributed by atoms with Crippen molar-refractivity contribution in [3.8, 4) is 11.3 Å². The lowest BCUT2D eigenvalue weighted by molar-refractivity contribution is -0.133. The molecule has 1 unspecified atom stereocenters. The third-order valence-electron chi connectivity index (χ3n) is 12.4. The Labute approximate surface area is 332 Å². The highest BCUT2D eigenvalue weighted by Gasteiger charge is 2.33. The summed E-state index contributed by atoms with van der Waals surface area (Å²) >= 11 is 0. The molecule has 0 radical (unpaired) electrons. The summed E-state index contributed by atoms with van der Waals surface area (Å²) in [5.74, 6) is -0.886. The molecule has 57 heavy (non-hydrogen) atoms. The SMILES string of the molecule is O=C1CCC(Nc2ccc(N3CCC(N4CCC(C(=O)NC5CCC(Nc6ncc(F)c(-c7cccc(N8CCOCC8)c7)n6)CC5)CC4)CC3)c(F)c2)C(=O)N1. The minimum absolute atomic E-state index is 0.00589. The summed E-state index contributed by atoms with van der Waals surface area (Å²) in [6, 6.07) is 12.9. The number of amides is 3. The van der Waals surface area contributed by atoms with Crippen LogP contribution < -0.4 is 31.1 Å². The molecule has 0 spiro atoms. The van der Waals surface area contributed by atoms with Crippen molar-refractivity contribution in [2.45, 2.75) is 88.4 Å². The molecule has 304 valence electrons. The van der Waals surface area contributed by atoms with Crippen LogP contribution in [0.4, 0.5) is 31.8 Å². The van der Waals surface area contributed by atoms with Gasteiger partial charge < -0.3 is 35.4 Å². The molecule has 1 atom stereocenters. The van der Waals surface area contributed by atoms with Crippen molar-refractivity contribution in [1.82, 2.24) is 25.5 Å². The Hall–Kier alpha value is -4.89. The molecule has 1 aliphatic carbocycles. The Morgan fingerprint density at radius 2 is 1.54 bits per heavy atom. The number of carbonyl (C=O) groups is 3. The summed E-state index contributed by atoms with van der Waals surface area (Å²) in [6.07, 6.45) is 8.83. The number of nitrogens with zero attached hydrogens (tertiary/aromatic N) is 5. The van der Waals surface area contributed by atoms with E-state index >= 15 is 4.39 Å². The molecular weight excluding hydrogens is 733 g/mol. The molecule has 0 bridgehead atoms. The van der Waals surface area contributed by atoms with Gasteiger partial charge in [0, 0.05) is 73.6 Å². The average molecular weight is 786 g/mol. The van der Waals surface area contributed by atoms with E-state index in [0.717, 1.165) is 96.3 Å². The molecular formula is C42H53F2N9O4. The lowest BCUT2D eigenvalue weighted by Gasteiger charge is -2.42. The van der Waals surface area contributed by atoms with E-state index < -0.39 is 11.9 Å². The fourth-order valence-electron chi connectivity index (χ4n) is 9.08. The molecule has 1 saturated carbocycles. The number of ether oxygens (including phenoxy) is 1. The normalized spacial score (nSPS) is 24.2. The molecule has 13 nitrogen and oxygen atoms in total. The zero-order chi connectivity index (χ0) is 39.3. The summed E-state index contributed by atoms with van der Waals surface area (Å²) in [7, 11) is 0. The van der Waals surface area contributed by atoms with Crippen molar-refractivity contribution < 1.29 is 27.9 Å². The Morgan fingerprint density at radius 3 is 2.28 bits per heavy atom. The molecule has 2 aromatic carbocycles. The second-order valence-corrected chi connectivity index (χ2v) is 16.1. The first-order valence-corrected chi connectivity index (χ1v) is 20.7. The summed E-state index contributed by atoms with van der Waals surface area (Å²) in [4.78, 5) is 52.6. The predicted molar refractivity (Wildman–Crippen MR) is 214 cm³/mol. The van der Waals surface area contributed by atoms with Crippen LogP contribution in [0.5, 0.6) is 0 Å². The molecule has 3 amide bonds. The van der Waals surface area contributed by atoms with E-state index in [9.17, 15) is 18.8 Å². The van der Waals surface area contributed by atoms with Crippen LogP contribution in [-0.4, -0.2) is 109 Å². The van der Waals surface area contributed by atoms with Crippen molar-refractivity contribution in [1.29, 1.82) is 0 Å². The van der Waals surface area contributed by atoms with Gasteiger partial charge in [-0.3, -0.25) is 19.7 Å². The number of anilines is 4. The van der Waals surface area contributed by atoms with Crippen molar-refractivity contribution in [2.75, 3.05) is 72.9 Å². The van der Waals surface area contributed by atoms with Gasteiger partial charge >= 0.3 is 0 Å². The molecule has 1 aromatic heterocycles. The number of halogens is 2. The number of rotatable bonds is 10. The minimum atomic E-state index is -0.557. The van der Waals surface area contributed by atoms with Gasteiger partial charge in [-0.25, -0.2) is 18.7 Å². The van der Waals surface area contributed by atoms with Crippen LogP contribution in [-0.2, 0) is 19.1 Å². The van der Waals surface area contributed by atoms with E-state index in [-0.39, 0.29) is 53.7 Å². The number of hydrogen-bond donors (Lipinski definition) is 4. The number of imide groups is 1. The largest absolute Gasteiger partial charge is 0.378 e. The van der Waals surface area contributed by atoms with Gasteiger partial charge in [-0.15, -0.1) is 0 Å². The number of carbonyl (C=O) groups excluding carboxylic acids is 3. The van der Waals surface area contributed by atoms with Crippen LogP contribution in [0.2, 0.25) is 0 Å². The zero-order valence-corrected chi connectivity index (χ0v) is 32.4.